The van der Waals surface area contributed by atoms with Gasteiger partial charge in [-0.25, -0.2) is 4.39 Å². The van der Waals surface area contributed by atoms with E-state index in [0.29, 0.717) is 32.2 Å². The molecule has 2 N–H and O–H groups in total. The van der Waals surface area contributed by atoms with Crippen LogP contribution < -0.4 is 10.6 Å². The van der Waals surface area contributed by atoms with Crippen LogP contribution in [0.3, 0.4) is 0 Å². The van der Waals surface area contributed by atoms with Crippen molar-refractivity contribution in [2.75, 3.05) is 13.1 Å². The number of amides is 2. The summed E-state index contributed by atoms with van der Waals surface area (Å²) in [6.45, 7) is 4.33. The summed E-state index contributed by atoms with van der Waals surface area (Å²) in [5.41, 5.74) is 2.00. The number of rotatable bonds is 9. The summed E-state index contributed by atoms with van der Waals surface area (Å²) in [5, 5.41) is 5.27. The Kier molecular flexibility index (Phi) is 8.48. The van der Waals surface area contributed by atoms with Gasteiger partial charge in [-0.3, -0.25) is 9.59 Å². The third kappa shape index (κ3) is 6.41. The van der Waals surface area contributed by atoms with E-state index < -0.39 is 6.17 Å². The van der Waals surface area contributed by atoms with Crippen molar-refractivity contribution < 1.29 is 14.0 Å². The van der Waals surface area contributed by atoms with E-state index in [1.54, 1.807) is 6.92 Å². The smallest absolute Gasteiger partial charge is 0.239 e. The molecule has 1 aliphatic carbocycles. The second-order valence-electron chi connectivity index (χ2n) is 5.49. The summed E-state index contributed by atoms with van der Waals surface area (Å²) in [7, 11) is 0. The first kappa shape index (κ1) is 18.4. The summed E-state index contributed by atoms with van der Waals surface area (Å²) in [4.78, 5) is 22.6. The monoisotopic (exact) mass is 310 g/mol. The van der Waals surface area contributed by atoms with E-state index in [2.05, 4.69) is 17.6 Å². The van der Waals surface area contributed by atoms with Crippen LogP contribution in [0.4, 0.5) is 4.39 Å². The summed E-state index contributed by atoms with van der Waals surface area (Å²) < 4.78 is 14.0. The Labute approximate surface area is 132 Å². The molecule has 1 rings (SSSR count). The molecular formula is C17H27FN2O2. The lowest BCUT2D eigenvalue weighted by Gasteiger charge is -2.20. The molecule has 0 aromatic carbocycles. The van der Waals surface area contributed by atoms with Gasteiger partial charge in [0.1, 0.15) is 6.17 Å². The van der Waals surface area contributed by atoms with Gasteiger partial charge in [0.05, 0.1) is 6.54 Å². The molecule has 0 spiro atoms. The van der Waals surface area contributed by atoms with Crippen LogP contribution in [0.15, 0.2) is 23.3 Å². The van der Waals surface area contributed by atoms with Gasteiger partial charge in [-0.05, 0) is 30.4 Å². The fraction of sp³-hybridized carbons (Fsp3) is 0.647. The second kappa shape index (κ2) is 10.1. The molecule has 1 unspecified atom stereocenters. The van der Waals surface area contributed by atoms with Gasteiger partial charge >= 0.3 is 0 Å². The van der Waals surface area contributed by atoms with Crippen molar-refractivity contribution in [2.24, 2.45) is 0 Å². The summed E-state index contributed by atoms with van der Waals surface area (Å²) >= 11 is 0. The van der Waals surface area contributed by atoms with Crippen molar-refractivity contribution in [1.29, 1.82) is 0 Å². The molecule has 0 fully saturated rings. The number of alkyl halides is 1. The van der Waals surface area contributed by atoms with Gasteiger partial charge in [0, 0.05) is 19.4 Å². The molecule has 2 amide bonds. The highest BCUT2D eigenvalue weighted by Gasteiger charge is 2.18. The lowest BCUT2D eigenvalue weighted by Crippen LogP contribution is -2.37. The van der Waals surface area contributed by atoms with E-state index in [4.69, 9.17) is 0 Å². The highest BCUT2D eigenvalue weighted by atomic mass is 19.1. The largest absolute Gasteiger partial charge is 0.355 e. The highest BCUT2D eigenvalue weighted by molar-refractivity contribution is 5.84. The Morgan fingerprint density at radius 3 is 2.68 bits per heavy atom. The second-order valence-corrected chi connectivity index (χ2v) is 5.49. The lowest BCUT2D eigenvalue weighted by atomic mass is 9.90. The van der Waals surface area contributed by atoms with Gasteiger partial charge in [0.25, 0.3) is 0 Å². The number of halogens is 1. The topological polar surface area (TPSA) is 58.2 Å². The van der Waals surface area contributed by atoms with Crippen LogP contribution in [-0.4, -0.2) is 31.1 Å². The predicted octanol–water partition coefficient (Wildman–Crippen LogP) is 2.80. The minimum atomic E-state index is -0.883. The van der Waals surface area contributed by atoms with Crippen LogP contribution in [0.2, 0.25) is 0 Å². The van der Waals surface area contributed by atoms with E-state index in [0.717, 1.165) is 24.0 Å². The third-order valence-electron chi connectivity index (χ3n) is 3.68. The fourth-order valence-corrected chi connectivity index (χ4v) is 2.48. The van der Waals surface area contributed by atoms with Crippen LogP contribution in [0.25, 0.3) is 0 Å². The number of nitrogens with one attached hydrogen (secondary N) is 2. The number of carbonyl (C=O) groups excluding carboxylic acids is 2. The van der Waals surface area contributed by atoms with Gasteiger partial charge < -0.3 is 10.6 Å². The van der Waals surface area contributed by atoms with E-state index in [1.165, 1.54) is 0 Å². The average Bonchev–Trinajstić information content (AvgIpc) is 2.51. The van der Waals surface area contributed by atoms with E-state index >= 15 is 0 Å². The molecule has 1 atom stereocenters. The minimum absolute atomic E-state index is 0.00489. The van der Waals surface area contributed by atoms with Crippen LogP contribution >= 0.6 is 0 Å². The standard InChI is InChI=1S/C17H27FN2O2/c1-3-7-13-8-5-10-15(18)14(13)9-6-11-19-17(22)12-20-16(21)4-2/h5,8,15H,3-4,6-7,9-12H2,1-2H3,(H,19,22)(H,20,21). The number of hydrogen-bond acceptors (Lipinski definition) is 2. The van der Waals surface area contributed by atoms with Crippen LogP contribution in [0, 0.1) is 0 Å². The normalized spacial score (nSPS) is 17.5. The average molecular weight is 310 g/mol. The first-order chi connectivity index (χ1) is 10.6. The first-order valence-electron chi connectivity index (χ1n) is 8.14. The molecule has 0 radical (unpaired) electrons. The maximum absolute atomic E-state index is 14.0. The maximum atomic E-state index is 14.0. The van der Waals surface area contributed by atoms with Gasteiger partial charge in [0.2, 0.25) is 11.8 Å². The Bertz CT molecular complexity index is 444. The Hall–Kier alpha value is -1.65. The lowest BCUT2D eigenvalue weighted by molar-refractivity contribution is -0.125. The molecule has 5 heteroatoms. The Balaban J connectivity index is 2.31. The minimum Gasteiger partial charge on any atom is -0.355 e. The van der Waals surface area contributed by atoms with Crippen molar-refractivity contribution in [2.45, 2.75) is 58.5 Å². The molecule has 22 heavy (non-hydrogen) atoms. The van der Waals surface area contributed by atoms with Crippen molar-refractivity contribution in [3.05, 3.63) is 23.3 Å². The molecule has 0 saturated carbocycles. The quantitative estimate of drug-likeness (QED) is 0.643. The molecule has 124 valence electrons. The van der Waals surface area contributed by atoms with Gasteiger partial charge in [0.15, 0.2) is 0 Å². The van der Waals surface area contributed by atoms with Crippen molar-refractivity contribution in [3.63, 3.8) is 0 Å². The molecule has 0 heterocycles. The zero-order valence-electron chi connectivity index (χ0n) is 13.6. The fourth-order valence-electron chi connectivity index (χ4n) is 2.48. The number of carbonyl (C=O) groups is 2. The van der Waals surface area contributed by atoms with Crippen molar-refractivity contribution in [3.8, 4) is 0 Å². The zero-order chi connectivity index (χ0) is 16.4. The third-order valence-corrected chi connectivity index (χ3v) is 3.68. The SMILES string of the molecule is CCCC1=C(CCCNC(=O)CNC(=O)CC)C(F)CC=C1. The molecule has 0 aromatic rings. The van der Waals surface area contributed by atoms with E-state index in [-0.39, 0.29) is 18.4 Å². The summed E-state index contributed by atoms with van der Waals surface area (Å²) in [5.74, 6) is -0.344. The van der Waals surface area contributed by atoms with Crippen LogP contribution in [-0.2, 0) is 9.59 Å². The molecular weight excluding hydrogens is 283 g/mol. The summed E-state index contributed by atoms with van der Waals surface area (Å²) in [6.07, 6.45) is 7.17. The molecule has 1 aliphatic rings. The summed E-state index contributed by atoms with van der Waals surface area (Å²) in [6, 6.07) is 0. The van der Waals surface area contributed by atoms with E-state index in [1.807, 2.05) is 12.2 Å². The Morgan fingerprint density at radius 1 is 1.23 bits per heavy atom. The molecule has 4 nitrogen and oxygen atoms in total. The number of allylic oxidation sites excluding steroid dienone is 4. The predicted molar refractivity (Wildman–Crippen MR) is 86.1 cm³/mol. The van der Waals surface area contributed by atoms with E-state index in [9.17, 15) is 14.0 Å². The van der Waals surface area contributed by atoms with Gasteiger partial charge in [-0.15, -0.1) is 0 Å². The van der Waals surface area contributed by atoms with Crippen LogP contribution in [0.1, 0.15) is 52.4 Å². The van der Waals surface area contributed by atoms with Crippen molar-refractivity contribution in [1.82, 2.24) is 10.6 Å². The zero-order valence-corrected chi connectivity index (χ0v) is 13.6. The molecule has 0 aromatic heterocycles. The van der Waals surface area contributed by atoms with Crippen LogP contribution in [0.5, 0.6) is 0 Å². The highest BCUT2D eigenvalue weighted by Crippen LogP contribution is 2.28. The molecule has 0 saturated heterocycles. The van der Waals surface area contributed by atoms with Crippen molar-refractivity contribution >= 4 is 11.8 Å². The molecule has 0 bridgehead atoms. The number of hydrogen-bond donors (Lipinski definition) is 2. The Morgan fingerprint density at radius 2 is 2.00 bits per heavy atom. The van der Waals surface area contributed by atoms with Gasteiger partial charge in [-0.2, -0.15) is 0 Å². The first-order valence-corrected chi connectivity index (χ1v) is 8.14. The molecule has 0 aliphatic heterocycles. The van der Waals surface area contributed by atoms with Gasteiger partial charge in [-0.1, -0.05) is 32.4 Å². The maximum Gasteiger partial charge on any atom is 0.239 e.